The van der Waals surface area contributed by atoms with Crippen LogP contribution in [-0.4, -0.2) is 139 Å². The summed E-state index contributed by atoms with van der Waals surface area (Å²) in [6.45, 7) is 16.3. The monoisotopic (exact) mass is 2260 g/mol. The molecule has 0 aromatic heterocycles. The Morgan fingerprint density at radius 2 is 0.639 bits per heavy atom. The van der Waals surface area contributed by atoms with Crippen LogP contribution in [0, 0.1) is 49.2 Å². The molecule has 9 aliphatic rings. The second-order valence-electron chi connectivity index (χ2n) is 38.2. The van der Waals surface area contributed by atoms with Crippen LogP contribution in [0.4, 0.5) is 0 Å². The van der Waals surface area contributed by atoms with Crippen molar-refractivity contribution in [2.45, 2.75) is 237 Å². The average Bonchev–Trinajstić information content (AvgIpc) is 1.63. The molecule has 27 heteroatoms. The van der Waals surface area contributed by atoms with Gasteiger partial charge >= 0.3 is 42.9 Å². The summed E-state index contributed by atoms with van der Waals surface area (Å²) in [5.41, 5.74) is 25.6. The van der Waals surface area contributed by atoms with Gasteiger partial charge in [0.1, 0.15) is 27.7 Å². The van der Waals surface area contributed by atoms with Crippen molar-refractivity contribution in [1.82, 2.24) is 21.3 Å². The van der Waals surface area contributed by atoms with E-state index >= 15 is 0 Å². The quantitative estimate of drug-likeness (QED) is 0.0105. The van der Waals surface area contributed by atoms with Crippen LogP contribution in [0.25, 0.3) is 11.1 Å². The van der Waals surface area contributed by atoms with Crippen LogP contribution in [0.5, 0.6) is 0 Å². The summed E-state index contributed by atoms with van der Waals surface area (Å²) in [5.74, 6) is -4.48. The number of aliphatic carboxylic acids is 2. The zero-order chi connectivity index (χ0) is 102. The SMILES string of the molecule is CCOC(=O)C1(N)Cc2ccccc2C1.CCOC(=O)C1(NC(=O)c2cccc(C)c2C2=CCCC2)Cc2ccccc2C1.CCOC(=O)C1(NC(=O)c2cccc(C)c2I)Cc2ccccc2C1.Cc1cccc(C(=O)NC2(C(=O)O)Cc3ccccc3C2)c1C1=CCCC1.Cc1cccc(C(=O)NC2(C(=O)O)Cc3ccccc3C2)c1C1CCCC1.Cc1cccc(C(=O)O)c1I.OB(O)C1=CCCC1.[CH3-].[Pd]. The Labute approximate surface area is 885 Å². The van der Waals surface area contributed by atoms with Crippen LogP contribution in [0.1, 0.15) is 262 Å². The summed E-state index contributed by atoms with van der Waals surface area (Å²) in [5, 5.41) is 57.5. The van der Waals surface area contributed by atoms with Crippen LogP contribution >= 0.6 is 45.2 Å². The van der Waals surface area contributed by atoms with Crippen molar-refractivity contribution in [2.24, 2.45) is 5.73 Å². The first kappa shape index (κ1) is 113. The maximum atomic E-state index is 13.4. The molecule has 0 bridgehead atoms. The van der Waals surface area contributed by atoms with Gasteiger partial charge in [0.2, 0.25) is 0 Å². The number of ether oxygens (including phenoxy) is 3. The van der Waals surface area contributed by atoms with Crippen molar-refractivity contribution in [3.05, 3.63) is 379 Å². The number of allylic oxidation sites excluding steroid dienone is 6. The Balaban J connectivity index is 0.000000165. The molecule has 0 spiro atoms. The summed E-state index contributed by atoms with van der Waals surface area (Å²) >= 11 is 4.21. The first-order chi connectivity index (χ1) is 68.1. The zero-order valence-electron chi connectivity index (χ0n) is 83.2. The molecule has 0 atom stereocenters. The standard InChI is InChI=1S/C25H27NO3.C23H25NO3.C23H23NO3.C20H20INO3.C12H15NO2.C8H7IO2.C5H9BO2.CH3.Pd/c1-3-29-24(28)25(15-19-12-6-7-13-20(19)16-25)26-23(27)21-14-8-9-17(2)22(21)18-10-4-5-11-18;2*1-15-7-6-12-19(20(15)16-8-2-3-9-16)21(25)24-23(22(26)27)13-17-10-4-5-11-18(17)14-23;1-3-25-19(24)20(11-14-8-4-5-9-15(14)12-20)22-18(23)16-10-6-7-13(2)17(16)21;1-2-15-11(14)12(13)7-9-5-3-4-6-10(9)8-12;1-5-3-2-4-6(7(5)9)8(10)11;7-6(8)5-3-1-2-4-5;;/h6-10,12-14H,3-5,11,15-16H2,1-2H3,(H,26,27);4-7,10-12,16H,2-3,8-9,13-14H2,1H3,(H,24,25)(H,26,27);4-8,10-12H,2-3,9,13-14H2,1H3,(H,24,25)(H,26,27);4-10H,3,11-12H2,1-2H3,(H,22,23);3-6H,2,7-8,13H2,1H3;2-4H,1H3,(H,10,11);3,7-8H,1-2,4H2;1H3;/q;;;;;;;-1;. The summed E-state index contributed by atoms with van der Waals surface area (Å²) in [6, 6.07) is 67.3. The first-order valence-corrected chi connectivity index (χ1v) is 51.1. The van der Waals surface area contributed by atoms with Gasteiger partial charge in [0, 0.05) is 108 Å². The maximum Gasteiger partial charge on any atom is 0.483 e. The molecule has 1 saturated carbocycles. The molecule has 10 aromatic carbocycles. The summed E-state index contributed by atoms with van der Waals surface area (Å²) in [6.07, 6.45) is 24.3. The molecule has 0 saturated heterocycles. The van der Waals surface area contributed by atoms with Crippen molar-refractivity contribution in [3.63, 3.8) is 0 Å². The van der Waals surface area contributed by atoms with Gasteiger partial charge in [-0.25, -0.2) is 24.0 Å². The maximum absolute atomic E-state index is 13.4. The average molecular weight is 2260 g/mol. The van der Waals surface area contributed by atoms with E-state index in [0.717, 1.165) is 183 Å². The molecular weight excluding hydrogens is 2130 g/mol. The van der Waals surface area contributed by atoms with Crippen molar-refractivity contribution >= 4 is 123 Å². The number of carbonyl (C=O) groups excluding carboxylic acids is 7. The molecule has 0 heterocycles. The predicted molar refractivity (Wildman–Crippen MR) is 574 cm³/mol. The zero-order valence-corrected chi connectivity index (χ0v) is 89.0. The van der Waals surface area contributed by atoms with Gasteiger partial charge in [-0.15, -0.1) is 0 Å². The molecule has 19 rings (SSSR count). The second-order valence-corrected chi connectivity index (χ2v) is 40.3. The van der Waals surface area contributed by atoms with E-state index in [0.29, 0.717) is 105 Å². The van der Waals surface area contributed by atoms with Gasteiger partial charge in [-0.3, -0.25) is 24.0 Å². The fourth-order valence-corrected chi connectivity index (χ4v) is 22.1. The Bertz CT molecular complexity index is 6390. The number of carboxylic acid groups (broad SMARTS) is 3. The number of fused-ring (bicyclic) bond motifs is 5. The van der Waals surface area contributed by atoms with Crippen LogP contribution < -0.4 is 27.0 Å². The molecule has 4 amide bonds. The number of esters is 3. The van der Waals surface area contributed by atoms with E-state index in [1.807, 2.05) is 251 Å². The number of benzene rings is 10. The van der Waals surface area contributed by atoms with E-state index in [9.17, 15) is 58.2 Å². The van der Waals surface area contributed by atoms with E-state index in [4.69, 9.17) is 35.1 Å². The third-order valence-corrected chi connectivity index (χ3v) is 31.0. The molecule has 1 fully saturated rings. The number of aromatic carboxylic acids is 1. The van der Waals surface area contributed by atoms with Crippen LogP contribution in [0.3, 0.4) is 0 Å². The number of nitrogens with two attached hydrogens (primary N) is 1. The molecule has 0 radical (unpaired) electrons. The molecule has 758 valence electrons. The van der Waals surface area contributed by atoms with Gasteiger partial charge in [0.05, 0.1) is 30.9 Å². The summed E-state index contributed by atoms with van der Waals surface area (Å²) in [7, 11) is -1.20. The summed E-state index contributed by atoms with van der Waals surface area (Å²) in [4.78, 5) is 125. The first-order valence-electron chi connectivity index (χ1n) is 49.0. The molecule has 23 nitrogen and oxygen atoms in total. The number of rotatable bonds is 21. The molecule has 11 N–H and O–H groups in total. The number of amides is 4. The van der Waals surface area contributed by atoms with Crippen LogP contribution in [0.15, 0.2) is 236 Å². The van der Waals surface area contributed by atoms with Crippen molar-refractivity contribution in [3.8, 4) is 0 Å². The van der Waals surface area contributed by atoms with Gasteiger partial charge in [0.15, 0.2) is 0 Å². The number of hydrogen-bond donors (Lipinski definition) is 10. The van der Waals surface area contributed by atoms with E-state index < -0.39 is 52.7 Å². The molecule has 0 unspecified atom stereocenters. The number of carbonyl (C=O) groups is 10. The van der Waals surface area contributed by atoms with Crippen LogP contribution in [-0.2, 0) is 123 Å². The largest absolute Gasteiger partial charge is 0.483 e. The van der Waals surface area contributed by atoms with Crippen molar-refractivity contribution in [1.29, 1.82) is 0 Å². The Morgan fingerprint density at radius 3 is 0.951 bits per heavy atom. The van der Waals surface area contributed by atoms with Crippen molar-refractivity contribution in [2.75, 3.05) is 19.8 Å². The number of aryl methyl sites for hydroxylation is 5. The smallest absolute Gasteiger partial charge is 0.479 e. The molecule has 10 aromatic rings. The third kappa shape index (κ3) is 26.5. The van der Waals surface area contributed by atoms with E-state index in [-0.39, 0.29) is 82.6 Å². The van der Waals surface area contributed by atoms with E-state index in [1.54, 1.807) is 45.0 Å². The third-order valence-electron chi connectivity index (χ3n) is 28.1. The molecule has 0 aliphatic heterocycles. The van der Waals surface area contributed by atoms with Gasteiger partial charge in [-0.2, -0.15) is 0 Å². The predicted octanol–water partition coefficient (Wildman–Crippen LogP) is 19.6. The second kappa shape index (κ2) is 50.8. The van der Waals surface area contributed by atoms with Crippen molar-refractivity contribution < 1.29 is 108 Å². The topological polar surface area (TPSA) is 374 Å². The minimum absolute atomic E-state index is 0. The minimum Gasteiger partial charge on any atom is -0.479 e. The minimum atomic E-state index is -1.29. The van der Waals surface area contributed by atoms with E-state index in [1.165, 1.54) is 24.0 Å². The number of hydrogen-bond acceptors (Lipinski definition) is 16. The van der Waals surface area contributed by atoms with Gasteiger partial charge < -0.3 is 74.0 Å². The molecular formula is C117H129BI2N5O18Pd-. The summed E-state index contributed by atoms with van der Waals surface area (Å²) < 4.78 is 17.4. The molecule has 9 aliphatic carbocycles. The van der Waals surface area contributed by atoms with Gasteiger partial charge in [-0.05, 0) is 324 Å². The number of carboxylic acids is 3. The number of halogens is 2. The van der Waals surface area contributed by atoms with Gasteiger partial charge in [-0.1, -0.05) is 213 Å². The normalized spacial score (nSPS) is 16.2. The van der Waals surface area contributed by atoms with E-state index in [2.05, 4.69) is 56.0 Å². The molecule has 144 heavy (non-hydrogen) atoms. The van der Waals surface area contributed by atoms with Crippen LogP contribution in [0.2, 0.25) is 0 Å². The fraction of sp³-hybridized carbons (Fsp3) is 0.342. The number of nitrogens with one attached hydrogen (secondary N) is 4. The Kier molecular flexibility index (Phi) is 39.7. The Morgan fingerprint density at radius 1 is 0.354 bits per heavy atom. The van der Waals surface area contributed by atoms with Gasteiger partial charge in [0.25, 0.3) is 23.6 Å². The fourth-order valence-electron chi connectivity index (χ4n) is 20.9. The Hall–Kier alpha value is -11.8.